The standard InChI is InChI=1S/C14H19NO3/c1-14(2)8-5-9-15(14)13(17)10-6-4-7-11(18-3)12(10)16/h4,6-7,16H,5,8-9H2,1-3H3. The fourth-order valence-electron chi connectivity index (χ4n) is 2.49. The Morgan fingerprint density at radius 1 is 1.44 bits per heavy atom. The van der Waals surface area contributed by atoms with E-state index in [2.05, 4.69) is 13.8 Å². The van der Waals surface area contributed by atoms with E-state index in [9.17, 15) is 9.90 Å². The summed E-state index contributed by atoms with van der Waals surface area (Å²) >= 11 is 0. The zero-order valence-corrected chi connectivity index (χ0v) is 11.1. The van der Waals surface area contributed by atoms with Crippen LogP contribution in [-0.2, 0) is 0 Å². The quantitative estimate of drug-likeness (QED) is 0.875. The molecule has 0 unspecified atom stereocenters. The van der Waals surface area contributed by atoms with E-state index in [-0.39, 0.29) is 17.2 Å². The van der Waals surface area contributed by atoms with Gasteiger partial charge in [-0.15, -0.1) is 0 Å². The number of aromatic hydroxyl groups is 1. The Kier molecular flexibility index (Phi) is 3.20. The highest BCUT2D eigenvalue weighted by Crippen LogP contribution is 2.34. The Balaban J connectivity index is 2.35. The van der Waals surface area contributed by atoms with Crippen LogP contribution in [-0.4, -0.2) is 35.1 Å². The third-order valence-corrected chi connectivity index (χ3v) is 3.60. The SMILES string of the molecule is COc1cccc(C(=O)N2CCCC2(C)C)c1O. The van der Waals surface area contributed by atoms with Crippen molar-refractivity contribution in [3.05, 3.63) is 23.8 Å². The highest BCUT2D eigenvalue weighted by Gasteiger charge is 2.36. The van der Waals surface area contributed by atoms with E-state index in [1.54, 1.807) is 18.2 Å². The summed E-state index contributed by atoms with van der Waals surface area (Å²) in [6, 6.07) is 4.99. The Hall–Kier alpha value is -1.71. The van der Waals surface area contributed by atoms with Gasteiger partial charge in [0.25, 0.3) is 5.91 Å². The number of amides is 1. The van der Waals surface area contributed by atoms with Gasteiger partial charge < -0.3 is 14.7 Å². The molecule has 1 N–H and O–H groups in total. The van der Waals surface area contributed by atoms with Gasteiger partial charge in [0.1, 0.15) is 0 Å². The number of carbonyl (C=O) groups is 1. The van der Waals surface area contributed by atoms with Crippen LogP contribution in [0.1, 0.15) is 37.0 Å². The van der Waals surface area contributed by atoms with Gasteiger partial charge in [-0.25, -0.2) is 0 Å². The summed E-state index contributed by atoms with van der Waals surface area (Å²) in [6.07, 6.45) is 1.99. The molecule has 0 atom stereocenters. The highest BCUT2D eigenvalue weighted by atomic mass is 16.5. The third kappa shape index (κ3) is 2.03. The normalized spacial score (nSPS) is 17.8. The van der Waals surface area contributed by atoms with Crippen molar-refractivity contribution in [1.82, 2.24) is 4.90 Å². The number of benzene rings is 1. The van der Waals surface area contributed by atoms with Gasteiger partial charge in [-0.3, -0.25) is 4.79 Å². The van der Waals surface area contributed by atoms with Gasteiger partial charge in [0.2, 0.25) is 0 Å². The van der Waals surface area contributed by atoms with Crippen LogP contribution in [0.15, 0.2) is 18.2 Å². The van der Waals surface area contributed by atoms with Crippen LogP contribution in [0.2, 0.25) is 0 Å². The Labute approximate surface area is 107 Å². The van der Waals surface area contributed by atoms with Crippen molar-refractivity contribution in [2.45, 2.75) is 32.2 Å². The molecule has 1 heterocycles. The predicted molar refractivity (Wildman–Crippen MR) is 69.0 cm³/mol. The number of hydrogen-bond donors (Lipinski definition) is 1. The molecular formula is C14H19NO3. The molecule has 1 aromatic carbocycles. The lowest BCUT2D eigenvalue weighted by atomic mass is 10.0. The van der Waals surface area contributed by atoms with Crippen molar-refractivity contribution in [2.24, 2.45) is 0 Å². The molecule has 1 aromatic rings. The van der Waals surface area contributed by atoms with Gasteiger partial charge in [0.05, 0.1) is 12.7 Å². The van der Waals surface area contributed by atoms with Crippen molar-refractivity contribution in [3.8, 4) is 11.5 Å². The minimum absolute atomic E-state index is 0.0762. The van der Waals surface area contributed by atoms with E-state index in [1.807, 2.05) is 4.90 Å². The number of carbonyl (C=O) groups excluding carboxylic acids is 1. The van der Waals surface area contributed by atoms with Crippen LogP contribution >= 0.6 is 0 Å². The Morgan fingerprint density at radius 2 is 2.17 bits per heavy atom. The molecule has 0 radical (unpaired) electrons. The predicted octanol–water partition coefficient (Wildman–Crippen LogP) is 2.42. The zero-order valence-electron chi connectivity index (χ0n) is 11.1. The van der Waals surface area contributed by atoms with E-state index in [1.165, 1.54) is 7.11 Å². The van der Waals surface area contributed by atoms with Crippen LogP contribution in [0, 0.1) is 0 Å². The highest BCUT2D eigenvalue weighted by molar-refractivity contribution is 5.98. The van der Waals surface area contributed by atoms with Crippen LogP contribution in [0.3, 0.4) is 0 Å². The molecular weight excluding hydrogens is 230 g/mol. The number of rotatable bonds is 2. The minimum atomic E-state index is -0.146. The van der Waals surface area contributed by atoms with Crippen molar-refractivity contribution < 1.29 is 14.6 Å². The molecule has 98 valence electrons. The summed E-state index contributed by atoms with van der Waals surface area (Å²) in [5.74, 6) is 0.124. The van der Waals surface area contributed by atoms with Crippen LogP contribution in [0.4, 0.5) is 0 Å². The van der Waals surface area contributed by atoms with Gasteiger partial charge in [-0.05, 0) is 38.8 Å². The van der Waals surface area contributed by atoms with Crippen LogP contribution in [0.25, 0.3) is 0 Å². The molecule has 1 fully saturated rings. The molecule has 1 aliphatic rings. The summed E-state index contributed by atoms with van der Waals surface area (Å²) in [4.78, 5) is 14.3. The number of nitrogens with zero attached hydrogens (tertiary/aromatic N) is 1. The van der Waals surface area contributed by atoms with Crippen molar-refractivity contribution in [3.63, 3.8) is 0 Å². The van der Waals surface area contributed by atoms with E-state index in [4.69, 9.17) is 4.74 Å². The van der Waals surface area contributed by atoms with Crippen molar-refractivity contribution >= 4 is 5.91 Å². The number of likely N-dealkylation sites (tertiary alicyclic amines) is 1. The monoisotopic (exact) mass is 249 g/mol. The second kappa shape index (κ2) is 4.52. The fraction of sp³-hybridized carbons (Fsp3) is 0.500. The van der Waals surface area contributed by atoms with Crippen LogP contribution in [0.5, 0.6) is 11.5 Å². The van der Waals surface area contributed by atoms with Gasteiger partial charge in [0.15, 0.2) is 11.5 Å². The molecule has 0 spiro atoms. The molecule has 2 rings (SSSR count). The number of phenolic OH excluding ortho intramolecular Hbond substituents is 1. The molecule has 0 aliphatic carbocycles. The van der Waals surface area contributed by atoms with Gasteiger partial charge in [-0.2, -0.15) is 0 Å². The lowest BCUT2D eigenvalue weighted by Gasteiger charge is -2.31. The lowest BCUT2D eigenvalue weighted by Crippen LogP contribution is -2.42. The van der Waals surface area contributed by atoms with E-state index < -0.39 is 0 Å². The first-order chi connectivity index (χ1) is 8.47. The molecule has 0 bridgehead atoms. The first-order valence-electron chi connectivity index (χ1n) is 6.15. The van der Waals surface area contributed by atoms with Gasteiger partial charge >= 0.3 is 0 Å². The molecule has 1 aliphatic heterocycles. The second-order valence-electron chi connectivity index (χ2n) is 5.23. The second-order valence-corrected chi connectivity index (χ2v) is 5.23. The first kappa shape index (κ1) is 12.7. The zero-order chi connectivity index (χ0) is 13.3. The number of hydrogen-bond acceptors (Lipinski definition) is 3. The molecule has 0 saturated carbocycles. The maximum Gasteiger partial charge on any atom is 0.258 e. The summed E-state index contributed by atoms with van der Waals surface area (Å²) in [5, 5.41) is 10.0. The lowest BCUT2D eigenvalue weighted by molar-refractivity contribution is 0.0648. The van der Waals surface area contributed by atoms with Gasteiger partial charge in [0, 0.05) is 12.1 Å². The van der Waals surface area contributed by atoms with Gasteiger partial charge in [-0.1, -0.05) is 6.07 Å². The number of para-hydroxylation sites is 1. The smallest absolute Gasteiger partial charge is 0.258 e. The Morgan fingerprint density at radius 3 is 2.72 bits per heavy atom. The number of methoxy groups -OCH3 is 1. The molecule has 18 heavy (non-hydrogen) atoms. The number of ether oxygens (including phenoxy) is 1. The molecule has 4 heteroatoms. The molecule has 4 nitrogen and oxygen atoms in total. The summed E-state index contributed by atoms with van der Waals surface area (Å²) < 4.78 is 5.03. The van der Waals surface area contributed by atoms with E-state index in [0.29, 0.717) is 11.3 Å². The average molecular weight is 249 g/mol. The third-order valence-electron chi connectivity index (χ3n) is 3.60. The van der Waals surface area contributed by atoms with Crippen molar-refractivity contribution in [1.29, 1.82) is 0 Å². The summed E-state index contributed by atoms with van der Waals surface area (Å²) in [6.45, 7) is 4.84. The topological polar surface area (TPSA) is 49.8 Å². The van der Waals surface area contributed by atoms with E-state index in [0.717, 1.165) is 19.4 Å². The number of phenols is 1. The largest absolute Gasteiger partial charge is 0.504 e. The summed E-state index contributed by atoms with van der Waals surface area (Å²) in [5.41, 5.74) is 0.163. The first-order valence-corrected chi connectivity index (χ1v) is 6.15. The van der Waals surface area contributed by atoms with E-state index >= 15 is 0 Å². The maximum atomic E-state index is 12.5. The minimum Gasteiger partial charge on any atom is -0.504 e. The Bertz CT molecular complexity index is 468. The maximum absolute atomic E-state index is 12.5. The average Bonchev–Trinajstić information content (AvgIpc) is 2.68. The summed E-state index contributed by atoms with van der Waals surface area (Å²) in [7, 11) is 1.48. The molecule has 0 aromatic heterocycles. The fourth-order valence-corrected chi connectivity index (χ4v) is 2.49. The van der Waals surface area contributed by atoms with Crippen molar-refractivity contribution in [2.75, 3.05) is 13.7 Å². The molecule has 1 amide bonds. The molecule has 1 saturated heterocycles. The van der Waals surface area contributed by atoms with Crippen LogP contribution < -0.4 is 4.74 Å².